The summed E-state index contributed by atoms with van der Waals surface area (Å²) in [6.07, 6.45) is 1.13. The lowest BCUT2D eigenvalue weighted by molar-refractivity contribution is 0.314. The summed E-state index contributed by atoms with van der Waals surface area (Å²) >= 11 is 5.91. The van der Waals surface area contributed by atoms with Gasteiger partial charge in [-0.05, 0) is 36.1 Å². The second-order valence-corrected chi connectivity index (χ2v) is 5.86. The van der Waals surface area contributed by atoms with Gasteiger partial charge in [0.1, 0.15) is 0 Å². The van der Waals surface area contributed by atoms with Gasteiger partial charge in [-0.25, -0.2) is 0 Å². The molecular formula is C14H22ClN. The summed E-state index contributed by atoms with van der Waals surface area (Å²) in [5.74, 6) is 0. The molecule has 0 spiro atoms. The van der Waals surface area contributed by atoms with Gasteiger partial charge in [-0.3, -0.25) is 0 Å². The number of benzene rings is 1. The van der Waals surface area contributed by atoms with Gasteiger partial charge in [0.25, 0.3) is 0 Å². The molecular weight excluding hydrogens is 218 g/mol. The number of halogens is 1. The molecule has 0 amide bonds. The van der Waals surface area contributed by atoms with Gasteiger partial charge < -0.3 is 5.32 Å². The Balaban J connectivity index is 2.80. The first-order chi connectivity index (χ1) is 7.42. The molecule has 1 aromatic carbocycles. The largest absolute Gasteiger partial charge is 0.310 e. The summed E-state index contributed by atoms with van der Waals surface area (Å²) in [5.41, 5.74) is 1.65. The van der Waals surface area contributed by atoms with Crippen LogP contribution in [0.5, 0.6) is 0 Å². The second-order valence-electron chi connectivity index (χ2n) is 5.43. The van der Waals surface area contributed by atoms with Gasteiger partial charge in [-0.15, -0.1) is 0 Å². The monoisotopic (exact) mass is 239 g/mol. The zero-order valence-electron chi connectivity index (χ0n) is 10.7. The minimum atomic E-state index is 0.326. The van der Waals surface area contributed by atoms with E-state index in [9.17, 15) is 0 Å². The smallest absolute Gasteiger partial charge is 0.0406 e. The van der Waals surface area contributed by atoms with Crippen LogP contribution in [0, 0.1) is 5.41 Å². The summed E-state index contributed by atoms with van der Waals surface area (Å²) < 4.78 is 0. The fourth-order valence-electron chi connectivity index (χ4n) is 1.86. The third-order valence-electron chi connectivity index (χ3n) is 2.54. The van der Waals surface area contributed by atoms with Gasteiger partial charge >= 0.3 is 0 Å². The molecule has 0 bridgehead atoms. The highest BCUT2D eigenvalue weighted by atomic mass is 35.5. The SMILES string of the molecule is CCNC(CC(C)(C)C)c1ccc(Cl)cc1. The van der Waals surface area contributed by atoms with Gasteiger partial charge in [-0.1, -0.05) is 51.4 Å². The van der Waals surface area contributed by atoms with Crippen LogP contribution in [0.25, 0.3) is 0 Å². The molecule has 1 unspecified atom stereocenters. The average Bonchev–Trinajstić information content (AvgIpc) is 2.16. The van der Waals surface area contributed by atoms with E-state index >= 15 is 0 Å². The lowest BCUT2D eigenvalue weighted by Gasteiger charge is -2.27. The van der Waals surface area contributed by atoms with Gasteiger partial charge in [0, 0.05) is 11.1 Å². The van der Waals surface area contributed by atoms with Crippen LogP contribution in [-0.4, -0.2) is 6.54 Å². The average molecular weight is 240 g/mol. The summed E-state index contributed by atoms with van der Waals surface area (Å²) in [4.78, 5) is 0. The number of hydrogen-bond donors (Lipinski definition) is 1. The molecule has 0 saturated heterocycles. The molecule has 0 aromatic heterocycles. The maximum Gasteiger partial charge on any atom is 0.0406 e. The molecule has 1 atom stereocenters. The first-order valence-electron chi connectivity index (χ1n) is 5.91. The zero-order chi connectivity index (χ0) is 12.2. The van der Waals surface area contributed by atoms with Crippen molar-refractivity contribution in [1.29, 1.82) is 0 Å². The quantitative estimate of drug-likeness (QED) is 0.820. The molecule has 0 saturated carbocycles. The van der Waals surface area contributed by atoms with E-state index in [4.69, 9.17) is 11.6 Å². The summed E-state index contributed by atoms with van der Waals surface area (Å²) in [6, 6.07) is 8.57. The molecule has 0 aliphatic heterocycles. The molecule has 0 radical (unpaired) electrons. The van der Waals surface area contributed by atoms with Crippen molar-refractivity contribution in [2.45, 2.75) is 40.2 Å². The highest BCUT2D eigenvalue weighted by molar-refractivity contribution is 6.30. The summed E-state index contributed by atoms with van der Waals surface area (Å²) in [6.45, 7) is 9.95. The molecule has 0 aliphatic carbocycles. The predicted molar refractivity (Wildman–Crippen MR) is 71.9 cm³/mol. The third-order valence-corrected chi connectivity index (χ3v) is 2.79. The van der Waals surface area contributed by atoms with Crippen LogP contribution in [0.3, 0.4) is 0 Å². The van der Waals surface area contributed by atoms with E-state index in [-0.39, 0.29) is 0 Å². The lowest BCUT2D eigenvalue weighted by Crippen LogP contribution is -2.25. The Morgan fingerprint density at radius 3 is 2.19 bits per heavy atom. The Morgan fingerprint density at radius 1 is 1.19 bits per heavy atom. The van der Waals surface area contributed by atoms with Gasteiger partial charge in [0.2, 0.25) is 0 Å². The van der Waals surface area contributed by atoms with Gasteiger partial charge in [-0.2, -0.15) is 0 Å². The van der Waals surface area contributed by atoms with Crippen LogP contribution < -0.4 is 5.32 Å². The highest BCUT2D eigenvalue weighted by Crippen LogP contribution is 2.29. The van der Waals surface area contributed by atoms with Crippen molar-refractivity contribution in [2.24, 2.45) is 5.41 Å². The Bertz CT molecular complexity index is 311. The molecule has 16 heavy (non-hydrogen) atoms. The van der Waals surface area contributed by atoms with E-state index in [1.54, 1.807) is 0 Å². The van der Waals surface area contributed by atoms with Crippen molar-refractivity contribution in [1.82, 2.24) is 5.32 Å². The van der Waals surface area contributed by atoms with Crippen LogP contribution in [-0.2, 0) is 0 Å². The minimum absolute atomic E-state index is 0.326. The lowest BCUT2D eigenvalue weighted by atomic mass is 9.85. The topological polar surface area (TPSA) is 12.0 Å². The maximum atomic E-state index is 5.91. The third kappa shape index (κ3) is 4.54. The first-order valence-corrected chi connectivity index (χ1v) is 6.29. The fraction of sp³-hybridized carbons (Fsp3) is 0.571. The van der Waals surface area contributed by atoms with E-state index in [2.05, 4.69) is 45.1 Å². The molecule has 1 rings (SSSR count). The van der Waals surface area contributed by atoms with Gasteiger partial charge in [0.05, 0.1) is 0 Å². The zero-order valence-corrected chi connectivity index (χ0v) is 11.4. The van der Waals surface area contributed by atoms with E-state index in [0.29, 0.717) is 11.5 Å². The number of hydrogen-bond acceptors (Lipinski definition) is 1. The number of rotatable bonds is 4. The second kappa shape index (κ2) is 5.70. The van der Waals surface area contributed by atoms with Crippen LogP contribution in [0.1, 0.15) is 45.7 Å². The fourth-order valence-corrected chi connectivity index (χ4v) is 1.99. The van der Waals surface area contributed by atoms with Crippen LogP contribution in [0.4, 0.5) is 0 Å². The highest BCUT2D eigenvalue weighted by Gasteiger charge is 2.19. The Labute approximate surface area is 104 Å². The molecule has 1 nitrogen and oxygen atoms in total. The Morgan fingerprint density at radius 2 is 1.75 bits per heavy atom. The van der Waals surface area contributed by atoms with Crippen molar-refractivity contribution in [2.75, 3.05) is 6.54 Å². The number of nitrogens with one attached hydrogen (secondary N) is 1. The molecule has 2 heteroatoms. The van der Waals surface area contributed by atoms with Crippen molar-refractivity contribution in [3.63, 3.8) is 0 Å². The van der Waals surface area contributed by atoms with E-state index in [1.165, 1.54) is 5.56 Å². The Kier molecular flexibility index (Phi) is 4.82. The van der Waals surface area contributed by atoms with Gasteiger partial charge in [0.15, 0.2) is 0 Å². The van der Waals surface area contributed by atoms with E-state index < -0.39 is 0 Å². The standard InChI is InChI=1S/C14H22ClN/c1-5-16-13(10-14(2,3)4)11-6-8-12(15)9-7-11/h6-9,13,16H,5,10H2,1-4H3. The maximum absolute atomic E-state index is 5.91. The molecule has 0 aliphatic rings. The Hall–Kier alpha value is -0.530. The molecule has 1 aromatic rings. The van der Waals surface area contributed by atoms with Crippen LogP contribution in [0.2, 0.25) is 5.02 Å². The molecule has 90 valence electrons. The van der Waals surface area contributed by atoms with E-state index in [0.717, 1.165) is 18.0 Å². The molecule has 1 N–H and O–H groups in total. The van der Waals surface area contributed by atoms with E-state index in [1.807, 2.05) is 12.1 Å². The van der Waals surface area contributed by atoms with Crippen LogP contribution in [0.15, 0.2) is 24.3 Å². The molecule has 0 fully saturated rings. The summed E-state index contributed by atoms with van der Waals surface area (Å²) in [7, 11) is 0. The molecule has 0 heterocycles. The van der Waals surface area contributed by atoms with Crippen molar-refractivity contribution < 1.29 is 0 Å². The predicted octanol–water partition coefficient (Wildman–Crippen LogP) is 4.43. The van der Waals surface area contributed by atoms with Crippen LogP contribution >= 0.6 is 11.6 Å². The summed E-state index contributed by atoms with van der Waals surface area (Å²) in [5, 5.41) is 4.33. The van der Waals surface area contributed by atoms with Crippen molar-refractivity contribution >= 4 is 11.6 Å². The van der Waals surface area contributed by atoms with Crippen molar-refractivity contribution in [3.05, 3.63) is 34.9 Å². The first kappa shape index (κ1) is 13.5. The minimum Gasteiger partial charge on any atom is -0.310 e. The normalized spacial score (nSPS) is 13.8. The van der Waals surface area contributed by atoms with Crippen molar-refractivity contribution in [3.8, 4) is 0 Å².